The molecular formula is C9H12ClNO. The number of hydrogen-bond donors (Lipinski definition) is 1. The number of furan rings is 1. The molecule has 0 radical (unpaired) electrons. The van der Waals surface area contributed by atoms with Gasteiger partial charge in [0.2, 0.25) is 0 Å². The second-order valence-electron chi connectivity index (χ2n) is 2.92. The molecule has 1 aromatic rings. The van der Waals surface area contributed by atoms with E-state index < -0.39 is 0 Å². The molecule has 3 heteroatoms. The molecule has 1 unspecified atom stereocenters. The molecular weight excluding hydrogens is 174 g/mol. The molecule has 0 aromatic carbocycles. The van der Waals surface area contributed by atoms with E-state index in [2.05, 4.69) is 0 Å². The summed E-state index contributed by atoms with van der Waals surface area (Å²) in [4.78, 5) is 0. The summed E-state index contributed by atoms with van der Waals surface area (Å²) in [5.74, 6) is 0. The third kappa shape index (κ3) is 2.13. The number of halogens is 1. The quantitative estimate of drug-likeness (QED) is 0.720. The average Bonchev–Trinajstić information content (AvgIpc) is 2.33. The van der Waals surface area contributed by atoms with E-state index in [0.29, 0.717) is 5.22 Å². The Hall–Kier alpha value is -0.730. The molecule has 0 fully saturated rings. The zero-order valence-electron chi connectivity index (χ0n) is 7.17. The molecule has 1 rings (SSSR count). The van der Waals surface area contributed by atoms with E-state index in [-0.39, 0.29) is 6.04 Å². The second-order valence-corrected chi connectivity index (χ2v) is 3.26. The van der Waals surface area contributed by atoms with Crippen molar-refractivity contribution < 1.29 is 4.42 Å². The predicted molar refractivity (Wildman–Crippen MR) is 50.1 cm³/mol. The topological polar surface area (TPSA) is 39.2 Å². The van der Waals surface area contributed by atoms with Crippen molar-refractivity contribution in [3.05, 3.63) is 34.8 Å². The van der Waals surface area contributed by atoms with Crippen LogP contribution in [0.1, 0.15) is 25.5 Å². The highest BCUT2D eigenvalue weighted by molar-refractivity contribution is 6.29. The van der Waals surface area contributed by atoms with Gasteiger partial charge in [0.25, 0.3) is 0 Å². The van der Waals surface area contributed by atoms with Crippen LogP contribution in [0, 0.1) is 0 Å². The van der Waals surface area contributed by atoms with Crippen molar-refractivity contribution >= 4 is 11.6 Å². The summed E-state index contributed by atoms with van der Waals surface area (Å²) >= 11 is 5.74. The van der Waals surface area contributed by atoms with Crippen LogP contribution in [0.4, 0.5) is 0 Å². The highest BCUT2D eigenvalue weighted by atomic mass is 35.5. The van der Waals surface area contributed by atoms with Gasteiger partial charge < -0.3 is 10.2 Å². The van der Waals surface area contributed by atoms with Crippen LogP contribution < -0.4 is 5.73 Å². The normalized spacial score (nSPS) is 12.7. The molecule has 0 aliphatic carbocycles. The minimum atomic E-state index is -0.166. The van der Waals surface area contributed by atoms with Gasteiger partial charge in [0.15, 0.2) is 5.22 Å². The molecule has 66 valence electrons. The highest BCUT2D eigenvalue weighted by Gasteiger charge is 2.09. The number of rotatable bonds is 2. The summed E-state index contributed by atoms with van der Waals surface area (Å²) in [6.07, 6.45) is 3.48. The van der Waals surface area contributed by atoms with Crippen molar-refractivity contribution in [2.45, 2.75) is 19.9 Å². The van der Waals surface area contributed by atoms with Crippen molar-refractivity contribution in [2.75, 3.05) is 0 Å². The maximum atomic E-state index is 5.82. The summed E-state index contributed by atoms with van der Waals surface area (Å²) in [6, 6.07) is 1.62. The number of allylic oxidation sites excluding steroid dienone is 1. The van der Waals surface area contributed by atoms with Crippen LogP contribution in [0.15, 0.2) is 28.4 Å². The lowest BCUT2D eigenvalue weighted by Gasteiger charge is -2.04. The fourth-order valence-corrected chi connectivity index (χ4v) is 1.23. The zero-order chi connectivity index (χ0) is 9.14. The highest BCUT2D eigenvalue weighted by Crippen LogP contribution is 2.23. The van der Waals surface area contributed by atoms with E-state index in [1.807, 2.05) is 19.9 Å². The molecule has 0 bridgehead atoms. The van der Waals surface area contributed by atoms with Crippen molar-refractivity contribution in [1.82, 2.24) is 0 Å². The summed E-state index contributed by atoms with van der Waals surface area (Å²) in [5.41, 5.74) is 7.82. The molecule has 2 nitrogen and oxygen atoms in total. The van der Waals surface area contributed by atoms with Gasteiger partial charge in [0.1, 0.15) is 0 Å². The molecule has 12 heavy (non-hydrogen) atoms. The Morgan fingerprint density at radius 2 is 2.33 bits per heavy atom. The van der Waals surface area contributed by atoms with Crippen molar-refractivity contribution in [1.29, 1.82) is 0 Å². The fourth-order valence-electron chi connectivity index (χ4n) is 0.992. The molecule has 0 saturated carbocycles. The van der Waals surface area contributed by atoms with E-state index in [1.165, 1.54) is 11.8 Å². The third-order valence-corrected chi connectivity index (χ3v) is 1.83. The van der Waals surface area contributed by atoms with Crippen LogP contribution in [-0.2, 0) is 0 Å². The second kappa shape index (κ2) is 3.78. The predicted octanol–water partition coefficient (Wildman–Crippen LogP) is 2.90. The summed E-state index contributed by atoms with van der Waals surface area (Å²) in [5, 5.41) is 0.375. The van der Waals surface area contributed by atoms with Crippen LogP contribution in [0.2, 0.25) is 5.22 Å². The summed E-state index contributed by atoms with van der Waals surface area (Å²) < 4.78 is 4.92. The van der Waals surface area contributed by atoms with Crippen molar-refractivity contribution in [2.24, 2.45) is 5.73 Å². The maximum Gasteiger partial charge on any atom is 0.198 e. The van der Waals surface area contributed by atoms with Crippen LogP contribution in [0.25, 0.3) is 0 Å². The minimum absolute atomic E-state index is 0.166. The fraction of sp³-hybridized carbons (Fsp3) is 0.333. The van der Waals surface area contributed by atoms with Gasteiger partial charge >= 0.3 is 0 Å². The van der Waals surface area contributed by atoms with Crippen molar-refractivity contribution in [3.8, 4) is 0 Å². The van der Waals surface area contributed by atoms with E-state index in [9.17, 15) is 0 Å². The summed E-state index contributed by atoms with van der Waals surface area (Å²) in [7, 11) is 0. The van der Waals surface area contributed by atoms with Gasteiger partial charge in [0.05, 0.1) is 12.3 Å². The van der Waals surface area contributed by atoms with Gasteiger partial charge in [-0.25, -0.2) is 0 Å². The van der Waals surface area contributed by atoms with E-state index >= 15 is 0 Å². The lowest BCUT2D eigenvalue weighted by molar-refractivity contribution is 0.564. The van der Waals surface area contributed by atoms with Crippen LogP contribution in [0.3, 0.4) is 0 Å². The van der Waals surface area contributed by atoms with Crippen LogP contribution in [0.5, 0.6) is 0 Å². The molecule has 0 spiro atoms. The monoisotopic (exact) mass is 185 g/mol. The molecule has 1 heterocycles. The summed E-state index contributed by atoms with van der Waals surface area (Å²) in [6.45, 7) is 3.99. The van der Waals surface area contributed by atoms with Gasteiger partial charge in [0, 0.05) is 5.56 Å². The van der Waals surface area contributed by atoms with E-state index in [1.54, 1.807) is 6.07 Å². The third-order valence-electron chi connectivity index (χ3n) is 1.52. The minimum Gasteiger partial charge on any atom is -0.453 e. The Kier molecular flexibility index (Phi) is 2.95. The first-order valence-electron chi connectivity index (χ1n) is 3.74. The molecule has 0 aliphatic rings. The first kappa shape index (κ1) is 9.36. The molecule has 0 amide bonds. The lowest BCUT2D eigenvalue weighted by Crippen LogP contribution is -2.06. The Morgan fingerprint density at radius 1 is 1.67 bits per heavy atom. The van der Waals surface area contributed by atoms with Crippen LogP contribution in [-0.4, -0.2) is 0 Å². The maximum absolute atomic E-state index is 5.82. The first-order chi connectivity index (χ1) is 5.61. The molecule has 2 N–H and O–H groups in total. The average molecular weight is 186 g/mol. The Morgan fingerprint density at radius 3 is 2.75 bits per heavy atom. The molecule has 1 aromatic heterocycles. The lowest BCUT2D eigenvalue weighted by atomic mass is 10.1. The van der Waals surface area contributed by atoms with Crippen molar-refractivity contribution in [3.63, 3.8) is 0 Å². The van der Waals surface area contributed by atoms with Gasteiger partial charge in [-0.1, -0.05) is 11.6 Å². The van der Waals surface area contributed by atoms with Gasteiger partial charge in [-0.2, -0.15) is 0 Å². The van der Waals surface area contributed by atoms with Gasteiger partial charge in [-0.05, 0) is 31.5 Å². The van der Waals surface area contributed by atoms with E-state index in [0.717, 1.165) is 5.56 Å². The Bertz CT molecular complexity index is 286. The molecule has 0 saturated heterocycles. The standard InChI is InChI=1S/C9H12ClNO/c1-6(2)5-8(11)7-3-4-12-9(7)10/h3-5,8H,11H2,1-2H3. The number of hydrogen-bond acceptors (Lipinski definition) is 2. The van der Waals surface area contributed by atoms with Gasteiger partial charge in [-0.15, -0.1) is 0 Å². The van der Waals surface area contributed by atoms with Crippen LogP contribution >= 0.6 is 11.6 Å². The zero-order valence-corrected chi connectivity index (χ0v) is 7.93. The molecule has 0 aliphatic heterocycles. The number of nitrogens with two attached hydrogens (primary N) is 1. The Labute approximate surface area is 77.0 Å². The Balaban J connectivity index is 2.85. The smallest absolute Gasteiger partial charge is 0.198 e. The first-order valence-corrected chi connectivity index (χ1v) is 4.12. The SMILES string of the molecule is CC(C)=CC(N)c1ccoc1Cl. The molecule has 1 atom stereocenters. The van der Waals surface area contributed by atoms with Gasteiger partial charge in [-0.3, -0.25) is 0 Å². The largest absolute Gasteiger partial charge is 0.453 e. The van der Waals surface area contributed by atoms with E-state index in [4.69, 9.17) is 21.8 Å².